The first-order valence-corrected chi connectivity index (χ1v) is 9.57. The van der Waals surface area contributed by atoms with Crippen molar-refractivity contribution in [1.82, 2.24) is 16.2 Å². The second-order valence-corrected chi connectivity index (χ2v) is 7.20. The Kier molecular flexibility index (Phi) is 8.42. The number of rotatable bonds is 7. The summed E-state index contributed by atoms with van der Waals surface area (Å²) in [4.78, 5) is 24.0. The fourth-order valence-corrected chi connectivity index (χ4v) is 2.26. The molecule has 0 aliphatic carbocycles. The van der Waals surface area contributed by atoms with Crippen LogP contribution in [0.25, 0.3) is 0 Å². The maximum atomic E-state index is 12.2. The third-order valence-electron chi connectivity index (χ3n) is 3.63. The van der Waals surface area contributed by atoms with E-state index in [1.807, 2.05) is 19.1 Å². The molecule has 8 heteroatoms. The van der Waals surface area contributed by atoms with Gasteiger partial charge in [0, 0.05) is 5.56 Å². The van der Waals surface area contributed by atoms with Gasteiger partial charge in [-0.2, -0.15) is 0 Å². The van der Waals surface area contributed by atoms with Gasteiger partial charge in [-0.3, -0.25) is 25.8 Å². The number of amides is 2. The number of nitrogens with one attached hydrogen (secondary N) is 3. The maximum absolute atomic E-state index is 12.2. The van der Waals surface area contributed by atoms with Crippen molar-refractivity contribution in [1.29, 1.82) is 0 Å². The van der Waals surface area contributed by atoms with Crippen molar-refractivity contribution in [2.45, 2.75) is 20.8 Å². The van der Waals surface area contributed by atoms with Gasteiger partial charge in [0.15, 0.2) is 11.7 Å². The molecular weight excluding hydrogens is 390 g/mol. The molecule has 3 N–H and O–H groups in total. The summed E-state index contributed by atoms with van der Waals surface area (Å²) in [5.41, 5.74) is 6.35. The topological polar surface area (TPSA) is 88.7 Å². The van der Waals surface area contributed by atoms with Gasteiger partial charge >= 0.3 is 0 Å². The van der Waals surface area contributed by atoms with Gasteiger partial charge < -0.3 is 9.47 Å². The highest BCUT2D eigenvalue weighted by atomic mass is 32.1. The number of hydrogen-bond donors (Lipinski definition) is 3. The molecule has 0 aliphatic rings. The summed E-state index contributed by atoms with van der Waals surface area (Å²) in [6.45, 7) is 6.49. The van der Waals surface area contributed by atoms with Gasteiger partial charge in [0.1, 0.15) is 11.5 Å². The Morgan fingerprint density at radius 3 is 2.14 bits per heavy atom. The average Bonchev–Trinajstić information content (AvgIpc) is 2.70. The van der Waals surface area contributed by atoms with E-state index in [9.17, 15) is 9.59 Å². The Bertz CT molecular complexity index is 836. The predicted octanol–water partition coefficient (Wildman–Crippen LogP) is 2.74. The summed E-state index contributed by atoms with van der Waals surface area (Å²) in [7, 11) is 0. The van der Waals surface area contributed by atoms with E-state index in [1.54, 1.807) is 36.4 Å². The molecule has 0 fully saturated rings. The smallest absolute Gasteiger partial charge is 0.276 e. The molecule has 2 aromatic rings. The van der Waals surface area contributed by atoms with Crippen LogP contribution >= 0.6 is 12.2 Å². The van der Waals surface area contributed by atoms with Gasteiger partial charge in [0.2, 0.25) is 0 Å². The second kappa shape index (κ2) is 11.0. The Morgan fingerprint density at radius 1 is 0.931 bits per heavy atom. The van der Waals surface area contributed by atoms with Crippen LogP contribution in [-0.4, -0.2) is 30.1 Å². The zero-order valence-electron chi connectivity index (χ0n) is 16.7. The number of benzene rings is 2. The van der Waals surface area contributed by atoms with Gasteiger partial charge in [0.05, 0.1) is 6.61 Å². The highest BCUT2D eigenvalue weighted by Gasteiger charge is 2.09. The van der Waals surface area contributed by atoms with Crippen molar-refractivity contribution in [3.05, 3.63) is 59.7 Å². The number of thiocarbonyl (C=S) groups is 1. The van der Waals surface area contributed by atoms with E-state index in [0.29, 0.717) is 29.6 Å². The predicted molar refractivity (Wildman–Crippen MR) is 115 cm³/mol. The van der Waals surface area contributed by atoms with Crippen LogP contribution < -0.4 is 25.6 Å². The first kappa shape index (κ1) is 22.2. The molecule has 0 aliphatic heterocycles. The molecule has 29 heavy (non-hydrogen) atoms. The van der Waals surface area contributed by atoms with Gasteiger partial charge in [-0.05, 0) is 61.5 Å². The van der Waals surface area contributed by atoms with Crippen molar-refractivity contribution < 1.29 is 19.1 Å². The maximum Gasteiger partial charge on any atom is 0.276 e. The van der Waals surface area contributed by atoms with E-state index in [2.05, 4.69) is 30.0 Å². The first-order valence-electron chi connectivity index (χ1n) is 9.16. The van der Waals surface area contributed by atoms with Crippen LogP contribution in [0.2, 0.25) is 0 Å². The molecule has 0 bridgehead atoms. The Hall–Kier alpha value is -3.13. The van der Waals surface area contributed by atoms with Gasteiger partial charge in [-0.1, -0.05) is 31.5 Å². The van der Waals surface area contributed by atoms with E-state index in [-0.39, 0.29) is 11.7 Å². The van der Waals surface area contributed by atoms with Crippen LogP contribution in [0.5, 0.6) is 11.5 Å². The molecule has 2 rings (SSSR count). The van der Waals surface area contributed by atoms with E-state index in [1.165, 1.54) is 0 Å². The summed E-state index contributed by atoms with van der Waals surface area (Å²) in [6, 6.07) is 14.1. The molecule has 2 amide bonds. The lowest BCUT2D eigenvalue weighted by atomic mass is 10.2. The summed E-state index contributed by atoms with van der Waals surface area (Å²) in [6.07, 6.45) is 0. The largest absolute Gasteiger partial charge is 0.493 e. The fraction of sp³-hybridized carbons (Fsp3) is 0.286. The summed E-state index contributed by atoms with van der Waals surface area (Å²) < 4.78 is 10.9. The third kappa shape index (κ3) is 8.18. The molecule has 0 saturated carbocycles. The van der Waals surface area contributed by atoms with Crippen molar-refractivity contribution >= 4 is 29.1 Å². The highest BCUT2D eigenvalue weighted by molar-refractivity contribution is 7.80. The highest BCUT2D eigenvalue weighted by Crippen LogP contribution is 2.13. The zero-order chi connectivity index (χ0) is 21.2. The minimum atomic E-state index is -0.436. The molecule has 2 aromatic carbocycles. The lowest BCUT2D eigenvalue weighted by molar-refractivity contribution is -0.123. The number of aryl methyl sites for hydroxylation is 1. The molecular formula is C21H25N3O4S. The number of carbonyl (C=O) groups excluding carboxylic acids is 2. The lowest BCUT2D eigenvalue weighted by Gasteiger charge is -2.12. The minimum Gasteiger partial charge on any atom is -0.493 e. The summed E-state index contributed by atoms with van der Waals surface area (Å²) in [5, 5.41) is 2.46. The summed E-state index contributed by atoms with van der Waals surface area (Å²) >= 11 is 5.01. The number of hydrogen-bond acceptors (Lipinski definition) is 5. The summed E-state index contributed by atoms with van der Waals surface area (Å²) in [5.74, 6) is 0.857. The van der Waals surface area contributed by atoms with Gasteiger partial charge in [0.25, 0.3) is 11.8 Å². The van der Waals surface area contributed by atoms with E-state index in [4.69, 9.17) is 21.7 Å². The minimum absolute atomic E-state index is 0.0289. The number of carbonyl (C=O) groups is 2. The molecule has 0 radical (unpaired) electrons. The molecule has 0 saturated heterocycles. The van der Waals surface area contributed by atoms with E-state index in [0.717, 1.165) is 5.56 Å². The van der Waals surface area contributed by atoms with Crippen LogP contribution in [0.4, 0.5) is 0 Å². The van der Waals surface area contributed by atoms with Crippen LogP contribution in [0.3, 0.4) is 0 Å². The van der Waals surface area contributed by atoms with Crippen LogP contribution in [0.1, 0.15) is 29.8 Å². The normalized spacial score (nSPS) is 10.2. The van der Waals surface area contributed by atoms with Crippen molar-refractivity contribution in [2.75, 3.05) is 13.2 Å². The average molecular weight is 416 g/mol. The van der Waals surface area contributed by atoms with E-state index < -0.39 is 11.8 Å². The zero-order valence-corrected chi connectivity index (χ0v) is 17.5. The molecule has 7 nitrogen and oxygen atoms in total. The Balaban J connectivity index is 1.71. The molecule has 0 aromatic heterocycles. The third-order valence-corrected chi connectivity index (χ3v) is 3.84. The van der Waals surface area contributed by atoms with Crippen LogP contribution in [0.15, 0.2) is 48.5 Å². The van der Waals surface area contributed by atoms with Gasteiger partial charge in [-0.15, -0.1) is 0 Å². The van der Waals surface area contributed by atoms with Crippen molar-refractivity contribution in [3.63, 3.8) is 0 Å². The first-order chi connectivity index (χ1) is 13.8. The standard InChI is InChI=1S/C21H25N3O4S/c1-14(2)12-27-18-10-6-16(7-11-18)20(26)22-21(29)24-23-19(25)13-28-17-8-4-15(3)5-9-17/h4-11,14H,12-13H2,1-3H3,(H,23,25)(H2,22,24,26,29). The van der Waals surface area contributed by atoms with Crippen LogP contribution in [-0.2, 0) is 4.79 Å². The monoisotopic (exact) mass is 415 g/mol. The van der Waals surface area contributed by atoms with E-state index >= 15 is 0 Å². The SMILES string of the molecule is Cc1ccc(OCC(=O)NNC(=S)NC(=O)c2ccc(OCC(C)C)cc2)cc1. The molecule has 0 unspecified atom stereocenters. The number of ether oxygens (including phenoxy) is 2. The molecule has 154 valence electrons. The lowest BCUT2D eigenvalue weighted by Crippen LogP contribution is -2.49. The quantitative estimate of drug-likeness (QED) is 0.476. The van der Waals surface area contributed by atoms with Crippen LogP contribution in [0, 0.1) is 12.8 Å². The molecule has 0 atom stereocenters. The fourth-order valence-electron chi connectivity index (χ4n) is 2.12. The Labute approximate surface area is 175 Å². The molecule has 0 spiro atoms. The van der Waals surface area contributed by atoms with Crippen molar-refractivity contribution in [3.8, 4) is 11.5 Å². The molecule has 0 heterocycles. The number of hydrazine groups is 1. The Morgan fingerprint density at radius 2 is 1.52 bits per heavy atom. The second-order valence-electron chi connectivity index (χ2n) is 6.79. The van der Waals surface area contributed by atoms with Crippen molar-refractivity contribution in [2.24, 2.45) is 5.92 Å². The van der Waals surface area contributed by atoms with Gasteiger partial charge in [-0.25, -0.2) is 0 Å².